The maximum Gasteiger partial charge on any atom is 0.245 e. The Balaban J connectivity index is 1.79. The molecule has 1 aliphatic rings. The Morgan fingerprint density at radius 1 is 1.32 bits per heavy atom. The lowest BCUT2D eigenvalue weighted by atomic mass is 10.2. The van der Waals surface area contributed by atoms with E-state index in [2.05, 4.69) is 20.8 Å². The fraction of sp³-hybridized carbons (Fsp3) is 0.250. The van der Waals surface area contributed by atoms with Crippen molar-refractivity contribution >= 4 is 17.5 Å². The molecule has 1 fully saturated rings. The highest BCUT2D eigenvalue weighted by Gasteiger charge is 2.24. The summed E-state index contributed by atoms with van der Waals surface area (Å²) in [7, 11) is 0. The summed E-state index contributed by atoms with van der Waals surface area (Å²) in [4.78, 5) is 15.4. The van der Waals surface area contributed by atoms with Crippen LogP contribution in [0.4, 0.5) is 0 Å². The molecule has 0 saturated carbocycles. The number of halogens is 1. The Morgan fingerprint density at radius 3 is 2.79 bits per heavy atom. The third-order valence-corrected chi connectivity index (χ3v) is 3.11. The first-order chi connectivity index (χ1) is 9.22. The summed E-state index contributed by atoms with van der Waals surface area (Å²) in [6.45, 7) is 0.699. The number of carbonyl (C=O) groups excluding carboxylic acids is 1. The van der Waals surface area contributed by atoms with Crippen molar-refractivity contribution in [2.24, 2.45) is 0 Å². The summed E-state index contributed by atoms with van der Waals surface area (Å²) >= 11 is 5.83. The predicted octanol–water partition coefficient (Wildman–Crippen LogP) is 1.15. The number of carbonyl (C=O) groups is 1. The van der Waals surface area contributed by atoms with Gasteiger partial charge in [0.25, 0.3) is 0 Å². The first-order valence-electron chi connectivity index (χ1n) is 5.82. The summed E-state index contributed by atoms with van der Waals surface area (Å²) in [5.74, 6) is 0.934. The van der Waals surface area contributed by atoms with Crippen molar-refractivity contribution < 1.29 is 9.32 Å². The van der Waals surface area contributed by atoms with Crippen LogP contribution in [0.3, 0.4) is 0 Å². The van der Waals surface area contributed by atoms with Crippen molar-refractivity contribution in [2.45, 2.75) is 6.04 Å². The van der Waals surface area contributed by atoms with Gasteiger partial charge >= 0.3 is 0 Å². The van der Waals surface area contributed by atoms with Crippen LogP contribution in [-0.4, -0.2) is 29.1 Å². The quantitative estimate of drug-likeness (QED) is 0.861. The van der Waals surface area contributed by atoms with Gasteiger partial charge in [0, 0.05) is 17.1 Å². The SMILES string of the molecule is O=C1CNC(c2nc(-c3ccc(Cl)cc3)no2)CN1. The number of nitrogens with one attached hydrogen (secondary N) is 2. The van der Waals surface area contributed by atoms with E-state index in [0.717, 1.165) is 5.56 Å². The van der Waals surface area contributed by atoms with Crippen LogP contribution in [0.25, 0.3) is 11.4 Å². The van der Waals surface area contributed by atoms with E-state index in [0.29, 0.717) is 23.3 Å². The second-order valence-corrected chi connectivity index (χ2v) is 4.64. The van der Waals surface area contributed by atoms with Gasteiger partial charge in [-0.25, -0.2) is 0 Å². The molecule has 0 bridgehead atoms. The Labute approximate surface area is 114 Å². The summed E-state index contributed by atoms with van der Waals surface area (Å²) < 4.78 is 5.22. The van der Waals surface area contributed by atoms with Gasteiger partial charge in [0.05, 0.1) is 6.54 Å². The zero-order valence-electron chi connectivity index (χ0n) is 9.89. The Hall–Kier alpha value is -1.92. The molecule has 2 aromatic rings. The number of hydrogen-bond donors (Lipinski definition) is 2. The minimum absolute atomic E-state index is 0.0336. The van der Waals surface area contributed by atoms with Gasteiger partial charge in [0.1, 0.15) is 6.04 Å². The highest BCUT2D eigenvalue weighted by Crippen LogP contribution is 2.20. The van der Waals surface area contributed by atoms with E-state index in [1.165, 1.54) is 0 Å². The summed E-state index contributed by atoms with van der Waals surface area (Å²) in [5.41, 5.74) is 0.833. The highest BCUT2D eigenvalue weighted by molar-refractivity contribution is 6.30. The van der Waals surface area contributed by atoms with E-state index in [4.69, 9.17) is 16.1 Å². The predicted molar refractivity (Wildman–Crippen MR) is 68.5 cm³/mol. The molecule has 1 atom stereocenters. The average molecular weight is 279 g/mol. The fourth-order valence-electron chi connectivity index (χ4n) is 1.83. The van der Waals surface area contributed by atoms with E-state index in [9.17, 15) is 4.79 Å². The molecular weight excluding hydrogens is 268 g/mol. The molecule has 1 aromatic carbocycles. The molecule has 1 unspecified atom stereocenters. The van der Waals surface area contributed by atoms with E-state index in [-0.39, 0.29) is 18.5 Å². The van der Waals surface area contributed by atoms with Crippen molar-refractivity contribution in [3.05, 3.63) is 35.2 Å². The number of aromatic nitrogens is 2. The van der Waals surface area contributed by atoms with Gasteiger partial charge in [0.15, 0.2) is 0 Å². The van der Waals surface area contributed by atoms with Crippen LogP contribution in [0.2, 0.25) is 5.02 Å². The molecule has 1 aromatic heterocycles. The summed E-state index contributed by atoms with van der Waals surface area (Å²) in [6, 6.07) is 7.05. The van der Waals surface area contributed by atoms with Crippen molar-refractivity contribution in [1.82, 2.24) is 20.8 Å². The minimum atomic E-state index is -0.147. The zero-order chi connectivity index (χ0) is 13.2. The highest BCUT2D eigenvalue weighted by atomic mass is 35.5. The molecule has 7 heteroatoms. The molecular formula is C12H11ClN4O2. The molecule has 2 heterocycles. The first kappa shape index (κ1) is 12.1. The van der Waals surface area contributed by atoms with Crippen molar-refractivity contribution in [2.75, 3.05) is 13.1 Å². The molecule has 1 saturated heterocycles. The standard InChI is InChI=1S/C12H11ClN4O2/c13-8-3-1-7(2-4-8)11-16-12(19-17-11)9-5-15-10(18)6-14-9/h1-4,9,14H,5-6H2,(H,15,18). The van der Waals surface area contributed by atoms with E-state index >= 15 is 0 Å². The number of rotatable bonds is 2. The topological polar surface area (TPSA) is 80.1 Å². The van der Waals surface area contributed by atoms with Crippen LogP contribution in [0.15, 0.2) is 28.8 Å². The number of hydrogen-bond acceptors (Lipinski definition) is 5. The fourth-order valence-corrected chi connectivity index (χ4v) is 1.96. The van der Waals surface area contributed by atoms with E-state index in [1.54, 1.807) is 12.1 Å². The lowest BCUT2D eigenvalue weighted by Crippen LogP contribution is -2.47. The maximum atomic E-state index is 11.0. The Bertz CT molecular complexity index is 586. The number of piperazine rings is 1. The first-order valence-corrected chi connectivity index (χ1v) is 6.20. The molecule has 6 nitrogen and oxygen atoms in total. The van der Waals surface area contributed by atoms with Crippen LogP contribution in [-0.2, 0) is 4.79 Å². The molecule has 1 aliphatic heterocycles. The Morgan fingerprint density at radius 2 is 2.11 bits per heavy atom. The van der Waals surface area contributed by atoms with Crippen LogP contribution in [0.1, 0.15) is 11.9 Å². The van der Waals surface area contributed by atoms with Gasteiger partial charge in [-0.3, -0.25) is 10.1 Å². The third-order valence-electron chi connectivity index (χ3n) is 2.85. The minimum Gasteiger partial charge on any atom is -0.353 e. The van der Waals surface area contributed by atoms with Gasteiger partial charge in [-0.15, -0.1) is 0 Å². The summed E-state index contributed by atoms with van der Waals surface area (Å²) in [6.07, 6.45) is 0. The zero-order valence-corrected chi connectivity index (χ0v) is 10.6. The van der Waals surface area contributed by atoms with Crippen molar-refractivity contribution in [1.29, 1.82) is 0 Å². The summed E-state index contributed by atoms with van der Waals surface area (Å²) in [5, 5.41) is 10.4. The van der Waals surface area contributed by atoms with E-state index < -0.39 is 0 Å². The van der Waals surface area contributed by atoms with Gasteiger partial charge < -0.3 is 9.84 Å². The molecule has 0 spiro atoms. The second-order valence-electron chi connectivity index (χ2n) is 4.20. The number of amides is 1. The smallest absolute Gasteiger partial charge is 0.245 e. The van der Waals surface area contributed by atoms with Gasteiger partial charge in [-0.05, 0) is 24.3 Å². The lowest BCUT2D eigenvalue weighted by Gasteiger charge is -2.20. The van der Waals surface area contributed by atoms with Crippen LogP contribution < -0.4 is 10.6 Å². The number of benzene rings is 1. The maximum absolute atomic E-state index is 11.0. The average Bonchev–Trinajstić information content (AvgIpc) is 2.90. The van der Waals surface area contributed by atoms with Crippen molar-refractivity contribution in [3.8, 4) is 11.4 Å². The third kappa shape index (κ3) is 2.59. The molecule has 3 rings (SSSR count). The monoisotopic (exact) mass is 278 g/mol. The molecule has 1 amide bonds. The number of nitrogens with zero attached hydrogens (tertiary/aromatic N) is 2. The lowest BCUT2D eigenvalue weighted by molar-refractivity contribution is -0.121. The molecule has 19 heavy (non-hydrogen) atoms. The Kier molecular flexibility index (Phi) is 3.18. The van der Waals surface area contributed by atoms with Gasteiger partial charge in [-0.1, -0.05) is 16.8 Å². The largest absolute Gasteiger partial charge is 0.353 e. The van der Waals surface area contributed by atoms with Crippen LogP contribution in [0, 0.1) is 0 Å². The van der Waals surface area contributed by atoms with Crippen molar-refractivity contribution in [3.63, 3.8) is 0 Å². The van der Waals surface area contributed by atoms with Crippen LogP contribution >= 0.6 is 11.6 Å². The normalized spacial score (nSPS) is 19.2. The second kappa shape index (κ2) is 4.99. The molecule has 98 valence electrons. The molecule has 0 aliphatic carbocycles. The van der Waals surface area contributed by atoms with Gasteiger partial charge in [-0.2, -0.15) is 4.98 Å². The van der Waals surface area contributed by atoms with E-state index in [1.807, 2.05) is 12.1 Å². The van der Waals surface area contributed by atoms with Crippen LogP contribution in [0.5, 0.6) is 0 Å². The van der Waals surface area contributed by atoms with Gasteiger partial charge in [0.2, 0.25) is 17.6 Å². The molecule has 2 N–H and O–H groups in total. The molecule has 0 radical (unpaired) electrons.